The lowest BCUT2D eigenvalue weighted by Crippen LogP contribution is -2.13. The lowest BCUT2D eigenvalue weighted by molar-refractivity contribution is -0.115. The quantitative estimate of drug-likeness (QED) is 0.361. The zero-order valence-corrected chi connectivity index (χ0v) is 18.4. The van der Waals surface area contributed by atoms with Gasteiger partial charge in [-0.15, -0.1) is 0 Å². The van der Waals surface area contributed by atoms with E-state index in [1.165, 1.54) is 11.1 Å². The number of nitrogens with zero attached hydrogens (tertiary/aromatic N) is 2. The van der Waals surface area contributed by atoms with Gasteiger partial charge in [-0.2, -0.15) is 0 Å². The van der Waals surface area contributed by atoms with Gasteiger partial charge in [0.05, 0.1) is 11.4 Å². The minimum atomic E-state index is -0.0599. The molecule has 156 valence electrons. The number of aryl methyl sites for hydroxylation is 2. The number of anilines is 1. The second-order valence-corrected chi connectivity index (χ2v) is 8.44. The molecule has 1 amide bonds. The maximum atomic E-state index is 12.2. The molecule has 0 radical (unpaired) electrons. The molecule has 5 nitrogen and oxygen atoms in total. The van der Waals surface area contributed by atoms with E-state index in [0.717, 1.165) is 27.7 Å². The highest BCUT2D eigenvalue weighted by molar-refractivity contribution is 7.99. The van der Waals surface area contributed by atoms with Crippen LogP contribution in [0.1, 0.15) is 17.5 Å². The van der Waals surface area contributed by atoms with Gasteiger partial charge in [0.1, 0.15) is 5.82 Å². The molecule has 2 heterocycles. The fourth-order valence-corrected chi connectivity index (χ4v) is 3.96. The largest absolute Gasteiger partial charge is 0.332 e. The van der Waals surface area contributed by atoms with E-state index in [-0.39, 0.29) is 5.91 Å². The van der Waals surface area contributed by atoms with Crippen LogP contribution in [0.15, 0.2) is 78.1 Å². The number of rotatable bonds is 7. The van der Waals surface area contributed by atoms with E-state index in [9.17, 15) is 4.79 Å². The van der Waals surface area contributed by atoms with Crippen molar-refractivity contribution in [3.05, 3.63) is 84.1 Å². The standard InChI is InChI=1S/C25H24N4OS/c1-17-6-10-19(11-7-17)23-24(20-12-8-18(2)9-13-20)29-25(28-23)31-16-14-22(30)27-21-5-3-4-15-26-21/h3-13,15H,14,16H2,1-2H3,(H,28,29)(H,26,27,30). The lowest BCUT2D eigenvalue weighted by atomic mass is 10.0. The zero-order chi connectivity index (χ0) is 21.6. The van der Waals surface area contributed by atoms with Gasteiger partial charge in [-0.25, -0.2) is 9.97 Å². The Bertz CT molecular complexity index is 1090. The zero-order valence-electron chi connectivity index (χ0n) is 17.6. The molecule has 2 N–H and O–H groups in total. The first-order valence-electron chi connectivity index (χ1n) is 10.2. The van der Waals surface area contributed by atoms with E-state index in [1.807, 2.05) is 12.1 Å². The fourth-order valence-electron chi connectivity index (χ4n) is 3.15. The van der Waals surface area contributed by atoms with Crippen LogP contribution in [0, 0.1) is 13.8 Å². The molecule has 2 aromatic heterocycles. The first-order valence-corrected chi connectivity index (χ1v) is 11.1. The molecule has 0 bridgehead atoms. The van der Waals surface area contributed by atoms with Crippen molar-refractivity contribution in [3.8, 4) is 22.5 Å². The Morgan fingerprint density at radius 1 is 0.935 bits per heavy atom. The number of hydrogen-bond donors (Lipinski definition) is 2. The van der Waals surface area contributed by atoms with Crippen molar-refractivity contribution >= 4 is 23.5 Å². The molecule has 2 aromatic carbocycles. The van der Waals surface area contributed by atoms with Gasteiger partial charge in [0.25, 0.3) is 0 Å². The molecular weight excluding hydrogens is 404 g/mol. The first-order chi connectivity index (χ1) is 15.1. The van der Waals surface area contributed by atoms with Gasteiger partial charge in [-0.1, -0.05) is 77.5 Å². The van der Waals surface area contributed by atoms with Crippen molar-refractivity contribution in [2.75, 3.05) is 11.1 Å². The molecule has 0 saturated heterocycles. The van der Waals surface area contributed by atoms with Crippen molar-refractivity contribution < 1.29 is 4.79 Å². The Morgan fingerprint density at radius 3 is 2.26 bits per heavy atom. The highest BCUT2D eigenvalue weighted by Gasteiger charge is 2.15. The lowest BCUT2D eigenvalue weighted by Gasteiger charge is -2.04. The summed E-state index contributed by atoms with van der Waals surface area (Å²) in [7, 11) is 0. The van der Waals surface area contributed by atoms with Gasteiger partial charge < -0.3 is 10.3 Å². The number of aromatic nitrogens is 3. The molecule has 0 spiro atoms. The topological polar surface area (TPSA) is 70.7 Å². The number of nitrogens with one attached hydrogen (secondary N) is 2. The molecule has 0 aliphatic heterocycles. The number of imidazole rings is 1. The number of carbonyl (C=O) groups excluding carboxylic acids is 1. The van der Waals surface area contributed by atoms with Crippen LogP contribution in [-0.2, 0) is 4.79 Å². The van der Waals surface area contributed by atoms with Gasteiger partial charge in [0, 0.05) is 29.5 Å². The van der Waals surface area contributed by atoms with E-state index in [1.54, 1.807) is 24.0 Å². The highest BCUT2D eigenvalue weighted by Crippen LogP contribution is 2.33. The minimum Gasteiger partial charge on any atom is -0.332 e. The van der Waals surface area contributed by atoms with Gasteiger partial charge >= 0.3 is 0 Å². The number of benzene rings is 2. The summed E-state index contributed by atoms with van der Waals surface area (Å²) in [5.41, 5.74) is 6.50. The third-order valence-corrected chi connectivity index (χ3v) is 5.72. The monoisotopic (exact) mass is 428 g/mol. The van der Waals surface area contributed by atoms with Crippen molar-refractivity contribution in [3.63, 3.8) is 0 Å². The first kappa shape index (κ1) is 20.9. The summed E-state index contributed by atoms with van der Waals surface area (Å²) in [6.07, 6.45) is 2.04. The average Bonchev–Trinajstić information content (AvgIpc) is 3.19. The molecule has 31 heavy (non-hydrogen) atoms. The molecule has 4 aromatic rings. The third kappa shape index (κ3) is 5.41. The predicted molar refractivity (Wildman–Crippen MR) is 127 cm³/mol. The van der Waals surface area contributed by atoms with Crippen LogP contribution in [0.3, 0.4) is 0 Å². The molecule has 0 atom stereocenters. The molecule has 0 unspecified atom stereocenters. The summed E-state index contributed by atoms with van der Waals surface area (Å²) in [5, 5.41) is 3.62. The Balaban J connectivity index is 1.50. The fraction of sp³-hybridized carbons (Fsp3) is 0.160. The number of hydrogen-bond acceptors (Lipinski definition) is 4. The molecular formula is C25H24N4OS. The summed E-state index contributed by atoms with van der Waals surface area (Å²) in [6, 6.07) is 22.2. The van der Waals surface area contributed by atoms with E-state index in [2.05, 4.69) is 77.7 Å². The molecule has 0 fully saturated rings. The normalized spacial score (nSPS) is 10.8. The van der Waals surface area contributed by atoms with Crippen LogP contribution < -0.4 is 5.32 Å². The maximum absolute atomic E-state index is 12.2. The molecule has 4 rings (SSSR count). The van der Waals surface area contributed by atoms with Crippen LogP contribution >= 0.6 is 11.8 Å². The summed E-state index contributed by atoms with van der Waals surface area (Å²) in [5.74, 6) is 1.13. The Morgan fingerprint density at radius 2 is 1.61 bits per heavy atom. The number of H-pyrrole nitrogens is 1. The molecule has 0 aliphatic rings. The van der Waals surface area contributed by atoms with Crippen LogP contribution in [0.4, 0.5) is 5.82 Å². The maximum Gasteiger partial charge on any atom is 0.226 e. The van der Waals surface area contributed by atoms with Crippen molar-refractivity contribution in [2.24, 2.45) is 0 Å². The minimum absolute atomic E-state index is 0.0599. The van der Waals surface area contributed by atoms with Crippen molar-refractivity contribution in [1.29, 1.82) is 0 Å². The van der Waals surface area contributed by atoms with E-state index < -0.39 is 0 Å². The van der Waals surface area contributed by atoms with E-state index >= 15 is 0 Å². The summed E-state index contributed by atoms with van der Waals surface area (Å²) in [4.78, 5) is 24.6. The number of carbonyl (C=O) groups is 1. The second kappa shape index (κ2) is 9.62. The van der Waals surface area contributed by atoms with Crippen LogP contribution in [-0.4, -0.2) is 26.6 Å². The van der Waals surface area contributed by atoms with E-state index in [4.69, 9.17) is 4.98 Å². The Labute approximate surface area is 186 Å². The second-order valence-electron chi connectivity index (χ2n) is 7.36. The molecule has 0 aliphatic carbocycles. The summed E-state index contributed by atoms with van der Waals surface area (Å²) < 4.78 is 0. The average molecular weight is 429 g/mol. The van der Waals surface area contributed by atoms with Crippen LogP contribution in [0.5, 0.6) is 0 Å². The number of aromatic amines is 1. The van der Waals surface area contributed by atoms with Crippen molar-refractivity contribution in [1.82, 2.24) is 15.0 Å². The smallest absolute Gasteiger partial charge is 0.226 e. The van der Waals surface area contributed by atoms with Gasteiger partial charge in [0.15, 0.2) is 5.16 Å². The van der Waals surface area contributed by atoms with Gasteiger partial charge in [-0.05, 0) is 26.0 Å². The van der Waals surface area contributed by atoms with Crippen molar-refractivity contribution in [2.45, 2.75) is 25.4 Å². The Hall–Kier alpha value is -3.38. The van der Waals surface area contributed by atoms with E-state index in [0.29, 0.717) is 18.0 Å². The van der Waals surface area contributed by atoms with Gasteiger partial charge in [0.2, 0.25) is 5.91 Å². The Kier molecular flexibility index (Phi) is 6.48. The number of thioether (sulfide) groups is 1. The SMILES string of the molecule is Cc1ccc(-c2nc(SCCC(=O)Nc3ccccn3)[nH]c2-c2ccc(C)cc2)cc1. The summed E-state index contributed by atoms with van der Waals surface area (Å²) >= 11 is 1.54. The predicted octanol–water partition coefficient (Wildman–Crippen LogP) is 5.88. The van der Waals surface area contributed by atoms with Crippen LogP contribution in [0.2, 0.25) is 0 Å². The third-order valence-electron chi connectivity index (χ3n) is 4.85. The van der Waals surface area contributed by atoms with Crippen LogP contribution in [0.25, 0.3) is 22.5 Å². The molecule has 0 saturated carbocycles. The van der Waals surface area contributed by atoms with Gasteiger partial charge in [-0.3, -0.25) is 4.79 Å². The summed E-state index contributed by atoms with van der Waals surface area (Å²) in [6.45, 7) is 4.15. The number of amides is 1. The highest BCUT2D eigenvalue weighted by atomic mass is 32.2. The number of pyridine rings is 1. The molecule has 6 heteroatoms.